The van der Waals surface area contributed by atoms with E-state index in [2.05, 4.69) is 36.2 Å². The van der Waals surface area contributed by atoms with E-state index in [9.17, 15) is 0 Å². The number of pyridine rings is 1. The lowest BCUT2D eigenvalue weighted by atomic mass is 10.0. The van der Waals surface area contributed by atoms with Crippen LogP contribution in [0.1, 0.15) is 18.1 Å². The van der Waals surface area contributed by atoms with Crippen LogP contribution >= 0.6 is 0 Å². The highest BCUT2D eigenvalue weighted by molar-refractivity contribution is 5.62. The Balaban J connectivity index is 1.67. The van der Waals surface area contributed by atoms with E-state index in [1.54, 1.807) is 0 Å². The van der Waals surface area contributed by atoms with Gasteiger partial charge in [-0.25, -0.2) is 4.98 Å². The van der Waals surface area contributed by atoms with Crippen molar-refractivity contribution in [2.75, 3.05) is 0 Å². The Morgan fingerprint density at radius 2 is 1.50 bits per heavy atom. The number of aryl methyl sites for hydroxylation is 1. The number of rotatable bonds is 5. The number of ether oxygens (including phenoxy) is 1. The van der Waals surface area contributed by atoms with Crippen LogP contribution in [0.4, 0.5) is 0 Å². The summed E-state index contributed by atoms with van der Waals surface area (Å²) < 4.78 is 5.71. The Kier molecular flexibility index (Phi) is 4.50. The average molecular weight is 289 g/mol. The maximum Gasteiger partial charge on any atom is 0.213 e. The number of hydrogen-bond acceptors (Lipinski definition) is 2. The first-order chi connectivity index (χ1) is 10.8. The first-order valence-corrected chi connectivity index (χ1v) is 7.57. The molecule has 0 bridgehead atoms. The molecule has 2 heteroatoms. The van der Waals surface area contributed by atoms with Crippen LogP contribution in [0.3, 0.4) is 0 Å². The van der Waals surface area contributed by atoms with Gasteiger partial charge in [-0.3, -0.25) is 0 Å². The van der Waals surface area contributed by atoms with Crippen LogP contribution in [0.15, 0.2) is 72.9 Å². The monoisotopic (exact) mass is 289 g/mol. The highest BCUT2D eigenvalue weighted by atomic mass is 16.5. The van der Waals surface area contributed by atoms with Crippen molar-refractivity contribution in [2.45, 2.75) is 20.0 Å². The predicted molar refractivity (Wildman–Crippen MR) is 89.8 cm³/mol. The summed E-state index contributed by atoms with van der Waals surface area (Å²) in [5, 5.41) is 0. The zero-order valence-electron chi connectivity index (χ0n) is 12.7. The van der Waals surface area contributed by atoms with Gasteiger partial charge in [0, 0.05) is 17.8 Å². The zero-order valence-corrected chi connectivity index (χ0v) is 12.7. The summed E-state index contributed by atoms with van der Waals surface area (Å²) in [6.07, 6.45) is 2.92. The number of nitrogens with zero attached hydrogens (tertiary/aromatic N) is 1. The summed E-state index contributed by atoms with van der Waals surface area (Å²) in [6, 6.07) is 22.7. The SMILES string of the molecule is CCc1ccc(-c2ccc(OCc3ccccc3)nc2)cc1. The van der Waals surface area contributed by atoms with E-state index in [4.69, 9.17) is 4.74 Å². The molecule has 0 radical (unpaired) electrons. The molecule has 0 saturated heterocycles. The molecule has 0 aliphatic heterocycles. The molecule has 3 aromatic rings. The minimum absolute atomic E-state index is 0.540. The fourth-order valence-electron chi connectivity index (χ4n) is 2.30. The molecule has 0 saturated carbocycles. The minimum atomic E-state index is 0.540. The lowest BCUT2D eigenvalue weighted by Gasteiger charge is -2.07. The summed E-state index contributed by atoms with van der Waals surface area (Å²) in [5.41, 5.74) is 4.78. The molecule has 3 rings (SSSR count). The number of hydrogen-bond donors (Lipinski definition) is 0. The molecule has 0 unspecified atom stereocenters. The molecule has 2 aromatic carbocycles. The van der Waals surface area contributed by atoms with Crippen LogP contribution < -0.4 is 4.74 Å². The Labute approximate surface area is 131 Å². The summed E-state index contributed by atoms with van der Waals surface area (Å²) in [6.45, 7) is 2.70. The number of benzene rings is 2. The van der Waals surface area contributed by atoms with E-state index in [1.807, 2.05) is 48.7 Å². The molecule has 0 spiro atoms. The van der Waals surface area contributed by atoms with Crippen LogP contribution in [-0.4, -0.2) is 4.98 Å². The van der Waals surface area contributed by atoms with E-state index < -0.39 is 0 Å². The van der Waals surface area contributed by atoms with Gasteiger partial charge >= 0.3 is 0 Å². The summed E-state index contributed by atoms with van der Waals surface area (Å²) >= 11 is 0. The molecular formula is C20H19NO. The third-order valence-corrected chi connectivity index (χ3v) is 3.66. The van der Waals surface area contributed by atoms with Crippen LogP contribution in [0.25, 0.3) is 11.1 Å². The van der Waals surface area contributed by atoms with Crippen molar-refractivity contribution in [2.24, 2.45) is 0 Å². The Morgan fingerprint density at radius 1 is 0.773 bits per heavy atom. The molecule has 0 aliphatic rings. The molecule has 110 valence electrons. The smallest absolute Gasteiger partial charge is 0.213 e. The van der Waals surface area contributed by atoms with Crippen molar-refractivity contribution in [1.29, 1.82) is 0 Å². The van der Waals surface area contributed by atoms with Gasteiger partial charge in [-0.15, -0.1) is 0 Å². The second-order valence-electron chi connectivity index (χ2n) is 5.21. The van der Waals surface area contributed by atoms with Crippen molar-refractivity contribution >= 4 is 0 Å². The molecule has 0 aliphatic carbocycles. The fourth-order valence-corrected chi connectivity index (χ4v) is 2.30. The Hall–Kier alpha value is -2.61. The summed E-state index contributed by atoms with van der Waals surface area (Å²) in [7, 11) is 0. The van der Waals surface area contributed by atoms with Crippen molar-refractivity contribution < 1.29 is 4.74 Å². The summed E-state index contributed by atoms with van der Waals surface area (Å²) in [5.74, 6) is 0.651. The molecule has 1 aromatic heterocycles. The van der Waals surface area contributed by atoms with Gasteiger partial charge < -0.3 is 4.74 Å². The molecule has 0 atom stereocenters. The lowest BCUT2D eigenvalue weighted by molar-refractivity contribution is 0.294. The largest absolute Gasteiger partial charge is 0.473 e. The van der Waals surface area contributed by atoms with Crippen LogP contribution in [0, 0.1) is 0 Å². The van der Waals surface area contributed by atoms with E-state index in [0.717, 1.165) is 17.5 Å². The van der Waals surface area contributed by atoms with Gasteiger partial charge in [0.15, 0.2) is 0 Å². The quantitative estimate of drug-likeness (QED) is 0.667. The van der Waals surface area contributed by atoms with Crippen LogP contribution in [0.5, 0.6) is 5.88 Å². The van der Waals surface area contributed by atoms with E-state index >= 15 is 0 Å². The topological polar surface area (TPSA) is 22.1 Å². The highest BCUT2D eigenvalue weighted by Gasteiger charge is 2.01. The minimum Gasteiger partial charge on any atom is -0.473 e. The van der Waals surface area contributed by atoms with Gasteiger partial charge in [0.05, 0.1) is 0 Å². The van der Waals surface area contributed by atoms with Gasteiger partial charge in [-0.2, -0.15) is 0 Å². The van der Waals surface area contributed by atoms with Gasteiger partial charge in [0.25, 0.3) is 0 Å². The van der Waals surface area contributed by atoms with Crippen LogP contribution in [0.2, 0.25) is 0 Å². The van der Waals surface area contributed by atoms with Gasteiger partial charge in [0.1, 0.15) is 6.61 Å². The third-order valence-electron chi connectivity index (χ3n) is 3.66. The molecule has 2 nitrogen and oxygen atoms in total. The average Bonchev–Trinajstić information content (AvgIpc) is 2.61. The van der Waals surface area contributed by atoms with E-state index in [1.165, 1.54) is 11.1 Å². The van der Waals surface area contributed by atoms with Gasteiger partial charge in [0.2, 0.25) is 5.88 Å². The molecular weight excluding hydrogens is 270 g/mol. The van der Waals surface area contributed by atoms with Crippen molar-refractivity contribution in [3.63, 3.8) is 0 Å². The molecule has 0 N–H and O–H groups in total. The molecule has 1 heterocycles. The second-order valence-corrected chi connectivity index (χ2v) is 5.21. The standard InChI is InChI=1S/C20H19NO/c1-2-16-8-10-18(11-9-16)19-12-13-20(21-14-19)22-15-17-6-4-3-5-7-17/h3-14H,2,15H2,1H3. The van der Waals surface area contributed by atoms with Crippen molar-refractivity contribution in [1.82, 2.24) is 4.98 Å². The number of aromatic nitrogens is 1. The normalized spacial score (nSPS) is 10.4. The van der Waals surface area contributed by atoms with Gasteiger partial charge in [-0.1, -0.05) is 61.5 Å². The fraction of sp³-hybridized carbons (Fsp3) is 0.150. The van der Waals surface area contributed by atoms with E-state index in [0.29, 0.717) is 12.5 Å². The summed E-state index contributed by atoms with van der Waals surface area (Å²) in [4.78, 5) is 4.39. The second kappa shape index (κ2) is 6.90. The maximum atomic E-state index is 5.71. The molecule has 0 fully saturated rings. The zero-order chi connectivity index (χ0) is 15.2. The molecule has 22 heavy (non-hydrogen) atoms. The van der Waals surface area contributed by atoms with Crippen molar-refractivity contribution in [3.8, 4) is 17.0 Å². The van der Waals surface area contributed by atoms with E-state index in [-0.39, 0.29) is 0 Å². The van der Waals surface area contributed by atoms with Crippen molar-refractivity contribution in [3.05, 3.63) is 84.1 Å². The maximum absolute atomic E-state index is 5.71. The first kappa shape index (κ1) is 14.3. The van der Waals surface area contributed by atoms with Crippen LogP contribution in [-0.2, 0) is 13.0 Å². The first-order valence-electron chi connectivity index (χ1n) is 7.57. The lowest BCUT2D eigenvalue weighted by Crippen LogP contribution is -1.96. The Bertz CT molecular complexity index is 703. The predicted octanol–water partition coefficient (Wildman–Crippen LogP) is 4.89. The highest BCUT2D eigenvalue weighted by Crippen LogP contribution is 2.21. The third kappa shape index (κ3) is 3.53. The Morgan fingerprint density at radius 3 is 2.14 bits per heavy atom. The molecule has 0 amide bonds. The van der Waals surface area contributed by atoms with Gasteiger partial charge in [-0.05, 0) is 29.2 Å².